The fourth-order valence-electron chi connectivity index (χ4n) is 3.57. The predicted octanol–water partition coefficient (Wildman–Crippen LogP) is 4.47. The Balaban J connectivity index is 1.64. The third-order valence-corrected chi connectivity index (χ3v) is 5.05. The number of carbonyl (C=O) groups is 1. The maximum absolute atomic E-state index is 14.0. The number of rotatable bonds is 5. The molecule has 4 rings (SSSR count). The summed E-state index contributed by atoms with van der Waals surface area (Å²) in [6.07, 6.45) is -5.32. The first kappa shape index (κ1) is 21.2. The van der Waals surface area contributed by atoms with Gasteiger partial charge in [0.2, 0.25) is 0 Å². The van der Waals surface area contributed by atoms with E-state index in [0.717, 1.165) is 0 Å². The Bertz CT molecular complexity index is 1080. The number of hydrogen-bond donors (Lipinski definition) is 2. The van der Waals surface area contributed by atoms with E-state index in [4.69, 9.17) is 9.15 Å². The zero-order valence-electron chi connectivity index (χ0n) is 16.3. The van der Waals surface area contributed by atoms with Gasteiger partial charge in [-0.2, -0.15) is 13.2 Å². The number of fused-ring (bicyclic) bond motifs is 1. The molecular weight excluding hydrogens is 416 g/mol. The standard InChI is InChI=1S/C22H20F4N2O3/c23-16-8-9-27-11-17(16)28-21(29)19-10-13-4-3-6-15(20(13)31-19)14-5-1-2-7-18(14)30-12-22(24,25)26/h1-7,10,16-17,27H,8-9,11-12H2,(H,28,29)/t16-,17-/m1/s1. The van der Waals surface area contributed by atoms with Crippen molar-refractivity contribution in [2.24, 2.45) is 0 Å². The van der Waals surface area contributed by atoms with Gasteiger partial charge < -0.3 is 19.8 Å². The average Bonchev–Trinajstić information content (AvgIpc) is 3.18. The molecule has 1 aliphatic heterocycles. The quantitative estimate of drug-likeness (QED) is 0.580. The highest BCUT2D eigenvalue weighted by Crippen LogP contribution is 2.37. The second-order valence-electron chi connectivity index (χ2n) is 7.32. The largest absolute Gasteiger partial charge is 0.483 e. The van der Waals surface area contributed by atoms with Gasteiger partial charge in [-0.05, 0) is 25.1 Å². The monoisotopic (exact) mass is 436 g/mol. The maximum Gasteiger partial charge on any atom is 0.422 e. The van der Waals surface area contributed by atoms with Crippen molar-refractivity contribution in [3.8, 4) is 16.9 Å². The summed E-state index contributed by atoms with van der Waals surface area (Å²) in [4.78, 5) is 12.6. The van der Waals surface area contributed by atoms with Gasteiger partial charge in [0.25, 0.3) is 5.91 Å². The molecule has 164 valence electrons. The van der Waals surface area contributed by atoms with Gasteiger partial charge >= 0.3 is 6.18 Å². The smallest absolute Gasteiger partial charge is 0.422 e. The molecule has 0 radical (unpaired) electrons. The van der Waals surface area contributed by atoms with Crippen LogP contribution in [0.3, 0.4) is 0 Å². The first-order chi connectivity index (χ1) is 14.8. The van der Waals surface area contributed by atoms with Crippen LogP contribution in [0.5, 0.6) is 5.75 Å². The van der Waals surface area contributed by atoms with Crippen molar-refractivity contribution in [2.75, 3.05) is 19.7 Å². The van der Waals surface area contributed by atoms with Crippen LogP contribution >= 0.6 is 0 Å². The van der Waals surface area contributed by atoms with Gasteiger partial charge in [0.05, 0.1) is 6.04 Å². The van der Waals surface area contributed by atoms with Gasteiger partial charge in [-0.15, -0.1) is 0 Å². The minimum atomic E-state index is -4.47. The predicted molar refractivity (Wildman–Crippen MR) is 107 cm³/mol. The fraction of sp³-hybridized carbons (Fsp3) is 0.318. The number of furan rings is 1. The Morgan fingerprint density at radius 2 is 1.94 bits per heavy atom. The van der Waals surface area contributed by atoms with Crippen LogP contribution in [0.15, 0.2) is 52.9 Å². The van der Waals surface area contributed by atoms with E-state index in [1.807, 2.05) is 0 Å². The van der Waals surface area contributed by atoms with Crippen molar-refractivity contribution in [1.29, 1.82) is 0 Å². The number of alkyl halides is 4. The molecule has 9 heteroatoms. The number of nitrogens with one attached hydrogen (secondary N) is 2. The lowest BCUT2D eigenvalue weighted by Gasteiger charge is -2.27. The van der Waals surface area contributed by atoms with Crippen LogP contribution in [-0.4, -0.2) is 44.0 Å². The summed E-state index contributed by atoms with van der Waals surface area (Å²) in [5, 5.41) is 6.25. The van der Waals surface area contributed by atoms with Crippen molar-refractivity contribution in [1.82, 2.24) is 10.6 Å². The molecule has 2 heterocycles. The highest BCUT2D eigenvalue weighted by atomic mass is 19.4. The zero-order valence-corrected chi connectivity index (χ0v) is 16.3. The van der Waals surface area contributed by atoms with E-state index < -0.39 is 30.9 Å². The number of benzene rings is 2. The molecular formula is C22H20F4N2O3. The van der Waals surface area contributed by atoms with Crippen LogP contribution < -0.4 is 15.4 Å². The molecule has 3 aromatic rings. The van der Waals surface area contributed by atoms with Crippen LogP contribution in [0.1, 0.15) is 17.0 Å². The van der Waals surface area contributed by atoms with Crippen LogP contribution in [0.4, 0.5) is 17.6 Å². The summed E-state index contributed by atoms with van der Waals surface area (Å²) in [5.41, 5.74) is 1.21. The summed E-state index contributed by atoms with van der Waals surface area (Å²) in [6.45, 7) is -0.550. The average molecular weight is 436 g/mol. The van der Waals surface area contributed by atoms with Crippen LogP contribution in [0.25, 0.3) is 22.1 Å². The van der Waals surface area contributed by atoms with Crippen LogP contribution in [0.2, 0.25) is 0 Å². The van der Waals surface area contributed by atoms with Crippen molar-refractivity contribution in [3.63, 3.8) is 0 Å². The normalized spacial score (nSPS) is 19.4. The lowest BCUT2D eigenvalue weighted by Crippen LogP contribution is -2.52. The van der Waals surface area contributed by atoms with Gasteiger partial charge in [-0.3, -0.25) is 4.79 Å². The zero-order chi connectivity index (χ0) is 22.0. The van der Waals surface area contributed by atoms with Crippen molar-refractivity contribution in [2.45, 2.75) is 24.8 Å². The molecule has 0 saturated carbocycles. The Kier molecular flexibility index (Phi) is 5.86. The molecule has 31 heavy (non-hydrogen) atoms. The third kappa shape index (κ3) is 4.82. The number of ether oxygens (including phenoxy) is 1. The van der Waals surface area contributed by atoms with Crippen LogP contribution in [-0.2, 0) is 0 Å². The van der Waals surface area contributed by atoms with Gasteiger partial charge in [0.15, 0.2) is 12.4 Å². The summed E-state index contributed by atoms with van der Waals surface area (Å²) in [5.74, 6) is -0.516. The maximum atomic E-state index is 14.0. The summed E-state index contributed by atoms with van der Waals surface area (Å²) in [7, 11) is 0. The summed E-state index contributed by atoms with van der Waals surface area (Å²) >= 11 is 0. The van der Waals surface area contributed by atoms with Gasteiger partial charge in [0.1, 0.15) is 17.5 Å². The van der Waals surface area contributed by atoms with E-state index in [1.165, 1.54) is 12.1 Å². The molecule has 0 spiro atoms. The lowest BCUT2D eigenvalue weighted by molar-refractivity contribution is -0.153. The van der Waals surface area contributed by atoms with E-state index >= 15 is 0 Å². The van der Waals surface area contributed by atoms with Crippen molar-refractivity contribution >= 4 is 16.9 Å². The van der Waals surface area contributed by atoms with Crippen molar-refractivity contribution < 1.29 is 31.5 Å². The van der Waals surface area contributed by atoms with E-state index in [-0.39, 0.29) is 11.5 Å². The molecule has 2 N–H and O–H groups in total. The number of piperidine rings is 1. The van der Waals surface area contributed by atoms with Gasteiger partial charge in [0, 0.05) is 23.1 Å². The minimum Gasteiger partial charge on any atom is -0.483 e. The van der Waals surface area contributed by atoms with E-state index in [2.05, 4.69) is 10.6 Å². The highest BCUT2D eigenvalue weighted by Gasteiger charge is 2.30. The molecule has 0 aliphatic carbocycles. The Hall–Kier alpha value is -3.07. The summed E-state index contributed by atoms with van der Waals surface area (Å²) in [6, 6.07) is 12.3. The topological polar surface area (TPSA) is 63.5 Å². The number of amides is 1. The number of halogens is 4. The Morgan fingerprint density at radius 1 is 1.16 bits per heavy atom. The number of para-hydroxylation sites is 2. The van der Waals surface area contributed by atoms with Gasteiger partial charge in [-0.1, -0.05) is 36.4 Å². The van der Waals surface area contributed by atoms with Crippen LogP contribution in [0, 0.1) is 0 Å². The second kappa shape index (κ2) is 8.58. The lowest BCUT2D eigenvalue weighted by atomic mass is 10.0. The molecule has 2 atom stereocenters. The number of hydrogen-bond acceptors (Lipinski definition) is 4. The molecule has 0 bridgehead atoms. The third-order valence-electron chi connectivity index (χ3n) is 5.05. The fourth-order valence-corrected chi connectivity index (χ4v) is 3.57. The molecule has 5 nitrogen and oxygen atoms in total. The molecule has 1 aliphatic rings. The first-order valence-electron chi connectivity index (χ1n) is 9.79. The molecule has 1 aromatic heterocycles. The highest BCUT2D eigenvalue weighted by molar-refractivity contribution is 6.00. The molecule has 1 amide bonds. The molecule has 1 saturated heterocycles. The summed E-state index contributed by atoms with van der Waals surface area (Å²) < 4.78 is 62.6. The molecule has 0 unspecified atom stereocenters. The number of carbonyl (C=O) groups excluding carboxylic acids is 1. The van der Waals surface area contributed by atoms with E-state index in [9.17, 15) is 22.4 Å². The Morgan fingerprint density at radius 3 is 2.71 bits per heavy atom. The second-order valence-corrected chi connectivity index (χ2v) is 7.32. The first-order valence-corrected chi connectivity index (χ1v) is 9.79. The van der Waals surface area contributed by atoms with E-state index in [0.29, 0.717) is 41.6 Å². The van der Waals surface area contributed by atoms with Gasteiger partial charge in [-0.25, -0.2) is 4.39 Å². The SMILES string of the molecule is O=C(N[C@@H]1CNCC[C@H]1F)c1cc2cccc(-c3ccccc3OCC(F)(F)F)c2o1. The van der Waals surface area contributed by atoms with E-state index in [1.54, 1.807) is 36.4 Å². The minimum absolute atomic E-state index is 0.00563. The molecule has 1 fully saturated rings. The molecule has 2 aromatic carbocycles. The van der Waals surface area contributed by atoms with Crippen molar-refractivity contribution in [3.05, 3.63) is 54.3 Å². The Labute approximate surface area is 175 Å².